The molecular formula is C17H22N2O. The zero-order valence-corrected chi connectivity index (χ0v) is 12.1. The minimum absolute atomic E-state index is 0.0172. The molecule has 0 atom stereocenters. The van der Waals surface area contributed by atoms with Gasteiger partial charge in [0.15, 0.2) is 0 Å². The Hall–Kier alpha value is -2.29. The maximum absolute atomic E-state index is 11.7. The number of hydrogen-bond acceptors (Lipinski definition) is 2. The van der Waals surface area contributed by atoms with Gasteiger partial charge in [0.25, 0.3) is 0 Å². The van der Waals surface area contributed by atoms with Gasteiger partial charge < -0.3 is 11.1 Å². The van der Waals surface area contributed by atoms with Crippen LogP contribution in [0.25, 0.3) is 0 Å². The number of benzene rings is 2. The Labute approximate surface area is 120 Å². The maximum atomic E-state index is 11.7. The first-order valence-electron chi connectivity index (χ1n) is 6.93. The van der Waals surface area contributed by atoms with Crippen LogP contribution in [0.3, 0.4) is 0 Å². The molecule has 0 radical (unpaired) electrons. The van der Waals surface area contributed by atoms with Gasteiger partial charge in [-0.1, -0.05) is 44.2 Å². The van der Waals surface area contributed by atoms with Crippen LogP contribution in [-0.4, -0.2) is 5.91 Å². The van der Waals surface area contributed by atoms with Crippen molar-refractivity contribution in [3.05, 3.63) is 60.2 Å². The second-order valence-electron chi connectivity index (χ2n) is 4.16. The summed E-state index contributed by atoms with van der Waals surface area (Å²) >= 11 is 0. The van der Waals surface area contributed by atoms with E-state index >= 15 is 0 Å². The highest BCUT2D eigenvalue weighted by molar-refractivity contribution is 5.90. The highest BCUT2D eigenvalue weighted by atomic mass is 16.1. The Morgan fingerprint density at radius 1 is 1.05 bits per heavy atom. The topological polar surface area (TPSA) is 55.1 Å². The van der Waals surface area contributed by atoms with Gasteiger partial charge >= 0.3 is 0 Å². The second-order valence-corrected chi connectivity index (χ2v) is 4.16. The number of aryl methyl sites for hydroxylation is 1. The van der Waals surface area contributed by atoms with Crippen molar-refractivity contribution in [2.24, 2.45) is 0 Å². The van der Waals surface area contributed by atoms with Crippen LogP contribution in [0.5, 0.6) is 0 Å². The summed E-state index contributed by atoms with van der Waals surface area (Å²) in [5.74, 6) is 0.0172. The Kier molecular flexibility index (Phi) is 6.90. The SMILES string of the molecule is CC.Nc1cccc(CCC(=O)Nc2ccccc2)c1. The average Bonchev–Trinajstić information content (AvgIpc) is 2.48. The van der Waals surface area contributed by atoms with Gasteiger partial charge in [-0.2, -0.15) is 0 Å². The lowest BCUT2D eigenvalue weighted by molar-refractivity contribution is -0.116. The predicted molar refractivity (Wildman–Crippen MR) is 85.6 cm³/mol. The first kappa shape index (κ1) is 15.8. The molecule has 106 valence electrons. The molecule has 0 bridgehead atoms. The van der Waals surface area contributed by atoms with Gasteiger partial charge in [-0.05, 0) is 36.2 Å². The van der Waals surface area contributed by atoms with E-state index in [1.165, 1.54) is 0 Å². The number of amides is 1. The number of nitrogen functional groups attached to an aromatic ring is 1. The molecule has 0 unspecified atom stereocenters. The van der Waals surface area contributed by atoms with Crippen LogP contribution in [0.1, 0.15) is 25.8 Å². The largest absolute Gasteiger partial charge is 0.399 e. The zero-order valence-electron chi connectivity index (χ0n) is 12.1. The number of nitrogens with two attached hydrogens (primary N) is 1. The summed E-state index contributed by atoms with van der Waals surface area (Å²) < 4.78 is 0. The van der Waals surface area contributed by atoms with Gasteiger partial charge in [-0.3, -0.25) is 4.79 Å². The van der Waals surface area contributed by atoms with E-state index in [9.17, 15) is 4.79 Å². The van der Waals surface area contributed by atoms with Crippen molar-refractivity contribution in [2.75, 3.05) is 11.1 Å². The third-order valence-electron chi connectivity index (χ3n) is 2.65. The minimum atomic E-state index is 0.0172. The molecule has 0 aliphatic heterocycles. The molecule has 0 aromatic heterocycles. The lowest BCUT2D eigenvalue weighted by Crippen LogP contribution is -2.12. The van der Waals surface area contributed by atoms with Gasteiger partial charge in [0.2, 0.25) is 5.91 Å². The van der Waals surface area contributed by atoms with Crippen LogP contribution < -0.4 is 11.1 Å². The second kappa shape index (κ2) is 8.75. The molecular weight excluding hydrogens is 248 g/mol. The number of rotatable bonds is 4. The van der Waals surface area contributed by atoms with Gasteiger partial charge in [0.05, 0.1) is 0 Å². The van der Waals surface area contributed by atoms with Crippen LogP contribution in [0.15, 0.2) is 54.6 Å². The summed E-state index contributed by atoms with van der Waals surface area (Å²) in [5.41, 5.74) is 8.33. The van der Waals surface area contributed by atoms with Crippen molar-refractivity contribution in [3.63, 3.8) is 0 Å². The van der Waals surface area contributed by atoms with Crippen molar-refractivity contribution in [2.45, 2.75) is 26.7 Å². The minimum Gasteiger partial charge on any atom is -0.399 e. The molecule has 3 nitrogen and oxygen atoms in total. The molecule has 20 heavy (non-hydrogen) atoms. The van der Waals surface area contributed by atoms with Crippen LogP contribution in [-0.2, 0) is 11.2 Å². The summed E-state index contributed by atoms with van der Waals surface area (Å²) in [4.78, 5) is 11.7. The summed E-state index contributed by atoms with van der Waals surface area (Å²) in [7, 11) is 0. The Bertz CT molecular complexity index is 524. The number of hydrogen-bond donors (Lipinski definition) is 2. The molecule has 3 heteroatoms. The quantitative estimate of drug-likeness (QED) is 0.829. The monoisotopic (exact) mass is 270 g/mol. The average molecular weight is 270 g/mol. The van der Waals surface area contributed by atoms with E-state index in [1.807, 2.05) is 68.4 Å². The Morgan fingerprint density at radius 2 is 1.75 bits per heavy atom. The molecule has 1 amide bonds. The van der Waals surface area contributed by atoms with Crippen LogP contribution >= 0.6 is 0 Å². The van der Waals surface area contributed by atoms with Crippen LogP contribution in [0, 0.1) is 0 Å². The van der Waals surface area contributed by atoms with Gasteiger partial charge in [-0.25, -0.2) is 0 Å². The molecule has 2 aromatic rings. The molecule has 2 aromatic carbocycles. The molecule has 0 saturated heterocycles. The summed E-state index contributed by atoms with van der Waals surface area (Å²) in [5, 5.41) is 2.86. The van der Waals surface area contributed by atoms with E-state index < -0.39 is 0 Å². The molecule has 3 N–H and O–H groups in total. The van der Waals surface area contributed by atoms with Crippen LogP contribution in [0.4, 0.5) is 11.4 Å². The van der Waals surface area contributed by atoms with Crippen molar-refractivity contribution < 1.29 is 4.79 Å². The van der Waals surface area contributed by atoms with Crippen molar-refractivity contribution >= 4 is 17.3 Å². The third-order valence-corrected chi connectivity index (χ3v) is 2.65. The van der Waals surface area contributed by atoms with Gasteiger partial charge in [0, 0.05) is 17.8 Å². The molecule has 0 fully saturated rings. The van der Waals surface area contributed by atoms with Crippen molar-refractivity contribution in [3.8, 4) is 0 Å². The van der Waals surface area contributed by atoms with E-state index in [0.29, 0.717) is 12.8 Å². The highest BCUT2D eigenvalue weighted by Crippen LogP contribution is 2.10. The fourth-order valence-corrected chi connectivity index (χ4v) is 1.75. The number of anilines is 2. The lowest BCUT2D eigenvalue weighted by atomic mass is 10.1. The Balaban J connectivity index is 0.000000956. The normalized spacial score (nSPS) is 9.30. The predicted octanol–water partition coefficient (Wildman–Crippen LogP) is 3.87. The first-order valence-corrected chi connectivity index (χ1v) is 6.93. The van der Waals surface area contributed by atoms with E-state index in [-0.39, 0.29) is 5.91 Å². The van der Waals surface area contributed by atoms with Gasteiger partial charge in [-0.15, -0.1) is 0 Å². The molecule has 0 aliphatic carbocycles. The lowest BCUT2D eigenvalue weighted by Gasteiger charge is -2.05. The molecule has 0 spiro atoms. The van der Waals surface area contributed by atoms with Crippen LogP contribution in [0.2, 0.25) is 0 Å². The number of nitrogens with one attached hydrogen (secondary N) is 1. The zero-order chi connectivity index (χ0) is 14.8. The van der Waals surface area contributed by atoms with E-state index in [1.54, 1.807) is 0 Å². The van der Waals surface area contributed by atoms with Crippen molar-refractivity contribution in [1.29, 1.82) is 0 Å². The molecule has 0 aliphatic rings. The van der Waals surface area contributed by atoms with E-state index in [0.717, 1.165) is 16.9 Å². The summed E-state index contributed by atoms with van der Waals surface area (Å²) in [6.45, 7) is 4.00. The Morgan fingerprint density at radius 3 is 2.40 bits per heavy atom. The number of para-hydroxylation sites is 1. The highest BCUT2D eigenvalue weighted by Gasteiger charge is 2.02. The first-order chi connectivity index (χ1) is 9.74. The number of carbonyl (C=O) groups is 1. The van der Waals surface area contributed by atoms with Crippen molar-refractivity contribution in [1.82, 2.24) is 0 Å². The molecule has 2 rings (SSSR count). The van der Waals surface area contributed by atoms with Gasteiger partial charge in [0.1, 0.15) is 0 Å². The smallest absolute Gasteiger partial charge is 0.224 e. The maximum Gasteiger partial charge on any atom is 0.224 e. The molecule has 0 saturated carbocycles. The standard InChI is InChI=1S/C15H16N2O.C2H6/c16-13-6-4-5-12(11-13)9-10-15(18)17-14-7-2-1-3-8-14;1-2/h1-8,11H,9-10,16H2,(H,17,18);1-2H3. The fourth-order valence-electron chi connectivity index (χ4n) is 1.75. The number of carbonyl (C=O) groups excluding carboxylic acids is 1. The summed E-state index contributed by atoms with van der Waals surface area (Å²) in [6.07, 6.45) is 1.15. The van der Waals surface area contributed by atoms with E-state index in [2.05, 4.69) is 5.32 Å². The van der Waals surface area contributed by atoms with E-state index in [4.69, 9.17) is 5.73 Å². The summed E-state index contributed by atoms with van der Waals surface area (Å²) in [6, 6.07) is 17.1. The fraction of sp³-hybridized carbons (Fsp3) is 0.235. The third kappa shape index (κ3) is 5.57. The molecule has 0 heterocycles.